The van der Waals surface area contributed by atoms with E-state index >= 15 is 0 Å². The molecule has 1 amide bonds. The molecule has 21 heavy (non-hydrogen) atoms. The van der Waals surface area contributed by atoms with Crippen LogP contribution in [0.3, 0.4) is 0 Å². The number of fused-ring (bicyclic) bond motifs is 1. The SMILES string of the molecule is Cc1c(F)cccc1NC(=O)C1CCC2CCCCC2N1. The number of carbonyl (C=O) groups excluding carboxylic acids is 1. The van der Waals surface area contributed by atoms with E-state index in [1.54, 1.807) is 19.1 Å². The summed E-state index contributed by atoms with van der Waals surface area (Å²) in [5, 5.41) is 6.38. The number of nitrogens with one attached hydrogen (secondary N) is 2. The number of anilines is 1. The minimum Gasteiger partial charge on any atom is -0.324 e. The van der Waals surface area contributed by atoms with Crippen molar-refractivity contribution < 1.29 is 9.18 Å². The van der Waals surface area contributed by atoms with Crippen molar-refractivity contribution in [3.8, 4) is 0 Å². The summed E-state index contributed by atoms with van der Waals surface area (Å²) >= 11 is 0. The van der Waals surface area contributed by atoms with Crippen molar-refractivity contribution >= 4 is 11.6 Å². The van der Waals surface area contributed by atoms with Gasteiger partial charge in [-0.2, -0.15) is 0 Å². The van der Waals surface area contributed by atoms with Crippen molar-refractivity contribution in [1.29, 1.82) is 0 Å². The van der Waals surface area contributed by atoms with Crippen LogP contribution in [0.2, 0.25) is 0 Å². The molecule has 1 saturated carbocycles. The third-order valence-corrected chi connectivity index (χ3v) is 4.99. The van der Waals surface area contributed by atoms with Gasteiger partial charge in [0, 0.05) is 17.3 Å². The molecular formula is C17H23FN2O. The van der Waals surface area contributed by atoms with E-state index in [-0.39, 0.29) is 17.8 Å². The van der Waals surface area contributed by atoms with E-state index in [0.717, 1.165) is 18.8 Å². The average molecular weight is 290 g/mol. The summed E-state index contributed by atoms with van der Waals surface area (Å²) in [6.07, 6.45) is 7.04. The van der Waals surface area contributed by atoms with Gasteiger partial charge in [-0.1, -0.05) is 18.9 Å². The van der Waals surface area contributed by atoms with Crippen LogP contribution >= 0.6 is 0 Å². The molecule has 0 bridgehead atoms. The topological polar surface area (TPSA) is 41.1 Å². The molecule has 3 atom stereocenters. The average Bonchev–Trinajstić information content (AvgIpc) is 2.51. The Morgan fingerprint density at radius 1 is 1.24 bits per heavy atom. The van der Waals surface area contributed by atoms with Crippen molar-refractivity contribution in [2.24, 2.45) is 5.92 Å². The second kappa shape index (κ2) is 6.14. The van der Waals surface area contributed by atoms with Crippen molar-refractivity contribution in [3.05, 3.63) is 29.6 Å². The predicted octanol–water partition coefficient (Wildman–Crippen LogP) is 3.38. The van der Waals surface area contributed by atoms with Crippen LogP contribution in [0.25, 0.3) is 0 Å². The minimum atomic E-state index is -0.281. The highest BCUT2D eigenvalue weighted by Gasteiger charge is 2.34. The molecule has 0 radical (unpaired) electrons. The third-order valence-electron chi connectivity index (χ3n) is 4.99. The van der Waals surface area contributed by atoms with Gasteiger partial charge >= 0.3 is 0 Å². The van der Waals surface area contributed by atoms with Crippen LogP contribution in [0.1, 0.15) is 44.1 Å². The molecule has 3 rings (SSSR count). The van der Waals surface area contributed by atoms with E-state index in [1.165, 1.54) is 31.7 Å². The first kappa shape index (κ1) is 14.5. The van der Waals surface area contributed by atoms with Crippen LogP contribution in [0, 0.1) is 18.7 Å². The van der Waals surface area contributed by atoms with Crippen molar-refractivity contribution in [2.45, 2.75) is 57.5 Å². The third kappa shape index (κ3) is 3.10. The normalized spacial score (nSPS) is 28.8. The van der Waals surface area contributed by atoms with Crippen LogP contribution in [-0.2, 0) is 4.79 Å². The zero-order chi connectivity index (χ0) is 14.8. The molecule has 1 saturated heterocycles. The number of hydrogen-bond acceptors (Lipinski definition) is 2. The molecule has 4 heteroatoms. The predicted molar refractivity (Wildman–Crippen MR) is 81.7 cm³/mol. The Kier molecular flexibility index (Phi) is 4.24. The van der Waals surface area contributed by atoms with Gasteiger partial charge in [-0.25, -0.2) is 4.39 Å². The van der Waals surface area contributed by atoms with Gasteiger partial charge in [0.25, 0.3) is 0 Å². The van der Waals surface area contributed by atoms with Gasteiger partial charge in [-0.15, -0.1) is 0 Å². The van der Waals surface area contributed by atoms with Crippen LogP contribution in [0.5, 0.6) is 0 Å². The molecule has 1 aliphatic heterocycles. The standard InChI is InChI=1S/C17H23FN2O/c1-11-13(18)6-4-8-14(11)20-17(21)16-10-9-12-5-2-3-7-15(12)19-16/h4,6,8,12,15-16,19H,2-3,5,7,9-10H2,1H3,(H,20,21). The summed E-state index contributed by atoms with van der Waals surface area (Å²) in [6, 6.07) is 5.13. The van der Waals surface area contributed by atoms with Gasteiger partial charge in [0.2, 0.25) is 5.91 Å². The summed E-state index contributed by atoms with van der Waals surface area (Å²) in [7, 11) is 0. The first-order chi connectivity index (χ1) is 10.1. The highest BCUT2D eigenvalue weighted by molar-refractivity contribution is 5.95. The van der Waals surface area contributed by atoms with Crippen molar-refractivity contribution in [2.75, 3.05) is 5.32 Å². The zero-order valence-corrected chi connectivity index (χ0v) is 12.5. The fourth-order valence-corrected chi connectivity index (χ4v) is 3.66. The molecule has 1 aromatic carbocycles. The molecule has 0 spiro atoms. The fraction of sp³-hybridized carbons (Fsp3) is 0.588. The van der Waals surface area contributed by atoms with Crippen LogP contribution in [0.4, 0.5) is 10.1 Å². The van der Waals surface area contributed by atoms with E-state index in [4.69, 9.17) is 0 Å². The van der Waals surface area contributed by atoms with Gasteiger partial charge < -0.3 is 10.6 Å². The largest absolute Gasteiger partial charge is 0.324 e. The lowest BCUT2D eigenvalue weighted by Gasteiger charge is -2.39. The van der Waals surface area contributed by atoms with E-state index in [2.05, 4.69) is 10.6 Å². The second-order valence-corrected chi connectivity index (χ2v) is 6.35. The Morgan fingerprint density at radius 3 is 2.90 bits per heavy atom. The fourth-order valence-electron chi connectivity index (χ4n) is 3.66. The summed E-state index contributed by atoms with van der Waals surface area (Å²) in [4.78, 5) is 12.4. The smallest absolute Gasteiger partial charge is 0.241 e. The van der Waals surface area contributed by atoms with E-state index in [0.29, 0.717) is 17.3 Å². The Balaban J connectivity index is 1.64. The minimum absolute atomic E-state index is 0.0345. The lowest BCUT2D eigenvalue weighted by molar-refractivity contribution is -0.119. The van der Waals surface area contributed by atoms with Gasteiger partial charge in [0.1, 0.15) is 5.82 Å². The summed E-state index contributed by atoms with van der Waals surface area (Å²) < 4.78 is 13.5. The van der Waals surface area contributed by atoms with E-state index in [9.17, 15) is 9.18 Å². The van der Waals surface area contributed by atoms with Gasteiger partial charge in [-0.05, 0) is 50.7 Å². The van der Waals surface area contributed by atoms with E-state index < -0.39 is 0 Å². The Labute approximate surface area is 125 Å². The number of hydrogen-bond donors (Lipinski definition) is 2. The van der Waals surface area contributed by atoms with E-state index in [1.807, 2.05) is 0 Å². The number of piperidine rings is 1. The number of carbonyl (C=O) groups is 1. The number of rotatable bonds is 2. The first-order valence-corrected chi connectivity index (χ1v) is 7.97. The van der Waals surface area contributed by atoms with Gasteiger partial charge in [0.15, 0.2) is 0 Å². The molecule has 3 unspecified atom stereocenters. The molecule has 1 aromatic rings. The molecule has 3 nitrogen and oxygen atoms in total. The highest BCUT2D eigenvalue weighted by Crippen LogP contribution is 2.32. The molecule has 2 aliphatic rings. The lowest BCUT2D eigenvalue weighted by atomic mass is 9.77. The Morgan fingerprint density at radius 2 is 2.05 bits per heavy atom. The maximum atomic E-state index is 13.5. The molecule has 1 heterocycles. The highest BCUT2D eigenvalue weighted by atomic mass is 19.1. The zero-order valence-electron chi connectivity index (χ0n) is 12.5. The van der Waals surface area contributed by atoms with Crippen LogP contribution < -0.4 is 10.6 Å². The molecule has 2 fully saturated rings. The summed E-state index contributed by atoms with van der Waals surface area (Å²) in [5.74, 6) is 0.420. The molecule has 2 N–H and O–H groups in total. The summed E-state index contributed by atoms with van der Waals surface area (Å²) in [6.45, 7) is 1.69. The quantitative estimate of drug-likeness (QED) is 0.876. The first-order valence-electron chi connectivity index (χ1n) is 7.97. The molecule has 1 aliphatic carbocycles. The van der Waals surface area contributed by atoms with Gasteiger partial charge in [-0.3, -0.25) is 4.79 Å². The maximum absolute atomic E-state index is 13.5. The molecular weight excluding hydrogens is 267 g/mol. The van der Waals surface area contributed by atoms with Crippen molar-refractivity contribution in [1.82, 2.24) is 5.32 Å². The van der Waals surface area contributed by atoms with Crippen LogP contribution in [-0.4, -0.2) is 18.0 Å². The monoisotopic (exact) mass is 290 g/mol. The summed E-state index contributed by atoms with van der Waals surface area (Å²) in [5.41, 5.74) is 1.07. The number of amides is 1. The molecule has 0 aromatic heterocycles. The second-order valence-electron chi connectivity index (χ2n) is 6.35. The Bertz CT molecular complexity index is 532. The van der Waals surface area contributed by atoms with Crippen LogP contribution in [0.15, 0.2) is 18.2 Å². The number of benzene rings is 1. The van der Waals surface area contributed by atoms with Gasteiger partial charge in [0.05, 0.1) is 6.04 Å². The number of halogens is 1. The maximum Gasteiger partial charge on any atom is 0.241 e. The molecule has 114 valence electrons. The Hall–Kier alpha value is -1.42. The lowest BCUT2D eigenvalue weighted by Crippen LogP contribution is -2.53. The van der Waals surface area contributed by atoms with Crippen molar-refractivity contribution in [3.63, 3.8) is 0 Å².